The molecule has 2 aromatic rings. The van der Waals surface area contributed by atoms with Crippen molar-refractivity contribution in [3.8, 4) is 17.0 Å². The lowest BCUT2D eigenvalue weighted by atomic mass is 10.1. The molecule has 0 amide bonds. The topological polar surface area (TPSA) is 74.3 Å². The summed E-state index contributed by atoms with van der Waals surface area (Å²) in [7, 11) is 1.56. The maximum absolute atomic E-state index is 12.5. The molecule has 2 rings (SSSR count). The monoisotopic (exact) mass is 298 g/mol. The Balaban J connectivity index is 2.48. The molecule has 1 aromatic carbocycles. The van der Waals surface area contributed by atoms with Gasteiger partial charge in [0.2, 0.25) is 0 Å². The van der Waals surface area contributed by atoms with Gasteiger partial charge in [-0.3, -0.25) is 4.68 Å². The Morgan fingerprint density at radius 3 is 2.33 bits per heavy atom. The van der Waals surface area contributed by atoms with E-state index in [0.717, 1.165) is 12.1 Å². The van der Waals surface area contributed by atoms with Crippen molar-refractivity contribution in [2.45, 2.75) is 19.1 Å². The summed E-state index contributed by atoms with van der Waals surface area (Å²) >= 11 is 0. The molecule has 0 aliphatic heterocycles. The first-order valence-electron chi connectivity index (χ1n) is 6.05. The summed E-state index contributed by atoms with van der Waals surface area (Å²) in [5.74, 6) is -0.180. The van der Waals surface area contributed by atoms with E-state index in [2.05, 4.69) is 10.2 Å². The van der Waals surface area contributed by atoms with Crippen molar-refractivity contribution >= 4 is 0 Å². The van der Waals surface area contributed by atoms with Crippen LogP contribution in [0.15, 0.2) is 29.4 Å². The van der Waals surface area contributed by atoms with Crippen LogP contribution in [0.1, 0.15) is 24.2 Å². The summed E-state index contributed by atoms with van der Waals surface area (Å²) < 4.78 is 39.0. The van der Waals surface area contributed by atoms with E-state index in [1.165, 1.54) is 16.8 Å². The maximum atomic E-state index is 12.5. The van der Waals surface area contributed by atoms with Gasteiger partial charge in [0.1, 0.15) is 17.4 Å². The molecule has 2 N–H and O–H groups in total. The summed E-state index contributed by atoms with van der Waals surface area (Å²) in [6, 6.07) is 3.80. The number of hydrogen-bond donors (Lipinski definition) is 2. The van der Waals surface area contributed by atoms with Crippen molar-refractivity contribution in [2.75, 3.05) is 0 Å². The zero-order valence-corrected chi connectivity index (χ0v) is 11.3. The number of benzene rings is 1. The van der Waals surface area contributed by atoms with E-state index < -0.39 is 17.8 Å². The number of nitrogens with one attached hydrogen (secondary N) is 1. The van der Waals surface area contributed by atoms with Crippen molar-refractivity contribution in [2.24, 2.45) is 12.2 Å². The predicted octanol–water partition coefficient (Wildman–Crippen LogP) is 3.90. The minimum Gasteiger partial charge on any atom is -0.504 e. The maximum Gasteiger partial charge on any atom is 0.416 e. The zero-order chi connectivity index (χ0) is 15.8. The molecule has 21 heavy (non-hydrogen) atoms. The summed E-state index contributed by atoms with van der Waals surface area (Å²) in [6.07, 6.45) is -4.41. The Bertz CT molecular complexity index is 661. The number of nitrogens with zero attached hydrogens (tertiary/aromatic N) is 3. The summed E-state index contributed by atoms with van der Waals surface area (Å²) in [4.78, 5) is 0. The van der Waals surface area contributed by atoms with E-state index in [-0.39, 0.29) is 17.1 Å². The highest BCUT2D eigenvalue weighted by Gasteiger charge is 2.30. The molecule has 1 unspecified atom stereocenters. The summed E-state index contributed by atoms with van der Waals surface area (Å²) in [5.41, 5.74) is 7.10. The van der Waals surface area contributed by atoms with Crippen molar-refractivity contribution in [3.05, 3.63) is 35.5 Å². The largest absolute Gasteiger partial charge is 0.504 e. The zero-order valence-electron chi connectivity index (χ0n) is 11.3. The van der Waals surface area contributed by atoms with Gasteiger partial charge in [-0.15, -0.1) is 0 Å². The van der Waals surface area contributed by atoms with E-state index >= 15 is 0 Å². The lowest BCUT2D eigenvalue weighted by Crippen LogP contribution is -2.04. The highest BCUT2D eigenvalue weighted by Crippen LogP contribution is 2.37. The van der Waals surface area contributed by atoms with Crippen LogP contribution < -0.4 is 0 Å². The number of aromatic hydroxyl groups is 1. The van der Waals surface area contributed by atoms with Crippen molar-refractivity contribution < 1.29 is 18.3 Å². The standard InChI is InChI=1S/C13H13F3N4O/c1-7(18-17)10-12(21)11(20(2)19-10)8-3-5-9(6-4-8)13(14,15)16/h3-7,17,21H,1-2H3. The fourth-order valence-corrected chi connectivity index (χ4v) is 2.02. The molecule has 0 fully saturated rings. The molecular formula is C13H13F3N4O. The van der Waals surface area contributed by atoms with Crippen molar-refractivity contribution in [1.29, 1.82) is 5.53 Å². The van der Waals surface area contributed by atoms with Crippen LogP contribution >= 0.6 is 0 Å². The first-order valence-corrected chi connectivity index (χ1v) is 6.05. The molecule has 0 saturated heterocycles. The van der Waals surface area contributed by atoms with Gasteiger partial charge in [0, 0.05) is 12.6 Å². The van der Waals surface area contributed by atoms with Crippen LogP contribution in [0.25, 0.3) is 11.3 Å². The molecule has 0 bridgehead atoms. The molecule has 0 radical (unpaired) electrons. The van der Waals surface area contributed by atoms with Crippen LogP contribution in [-0.2, 0) is 13.2 Å². The summed E-state index contributed by atoms with van der Waals surface area (Å²) in [6.45, 7) is 1.59. The molecule has 1 atom stereocenters. The van der Waals surface area contributed by atoms with Crippen LogP contribution in [-0.4, -0.2) is 14.9 Å². The second-order valence-electron chi connectivity index (χ2n) is 4.59. The Kier molecular flexibility index (Phi) is 3.71. The first kappa shape index (κ1) is 15.0. The van der Waals surface area contributed by atoms with E-state index in [4.69, 9.17) is 5.53 Å². The number of aryl methyl sites for hydroxylation is 1. The predicted molar refractivity (Wildman–Crippen MR) is 68.9 cm³/mol. The third-order valence-electron chi connectivity index (χ3n) is 3.12. The normalized spacial score (nSPS) is 13.2. The highest BCUT2D eigenvalue weighted by molar-refractivity contribution is 5.68. The van der Waals surface area contributed by atoms with Gasteiger partial charge >= 0.3 is 6.18 Å². The van der Waals surface area contributed by atoms with Gasteiger partial charge in [-0.25, -0.2) is 5.53 Å². The highest BCUT2D eigenvalue weighted by atomic mass is 19.4. The lowest BCUT2D eigenvalue weighted by molar-refractivity contribution is -0.137. The SMILES string of the molecule is CC(N=N)c1nn(C)c(-c2ccc(C(F)(F)F)cc2)c1O. The average Bonchev–Trinajstić information content (AvgIpc) is 2.72. The number of rotatable bonds is 3. The van der Waals surface area contributed by atoms with E-state index in [0.29, 0.717) is 5.56 Å². The van der Waals surface area contributed by atoms with Crippen molar-refractivity contribution in [3.63, 3.8) is 0 Å². The van der Waals surface area contributed by atoms with Gasteiger partial charge in [0.15, 0.2) is 5.75 Å². The Morgan fingerprint density at radius 1 is 1.29 bits per heavy atom. The van der Waals surface area contributed by atoms with E-state index in [1.807, 2.05) is 0 Å². The van der Waals surface area contributed by atoms with Gasteiger partial charge in [-0.1, -0.05) is 12.1 Å². The van der Waals surface area contributed by atoms with E-state index in [9.17, 15) is 18.3 Å². The van der Waals surface area contributed by atoms with Crippen LogP contribution in [0.4, 0.5) is 13.2 Å². The van der Waals surface area contributed by atoms with Gasteiger partial charge in [-0.05, 0) is 19.1 Å². The first-order chi connectivity index (χ1) is 9.75. The third-order valence-corrected chi connectivity index (χ3v) is 3.12. The minimum atomic E-state index is -4.41. The number of alkyl halides is 3. The van der Waals surface area contributed by atoms with Crippen molar-refractivity contribution in [1.82, 2.24) is 9.78 Å². The molecule has 8 heteroatoms. The second kappa shape index (κ2) is 5.19. The number of hydrogen-bond acceptors (Lipinski definition) is 4. The minimum absolute atomic E-state index is 0.180. The fourth-order valence-electron chi connectivity index (χ4n) is 2.02. The molecule has 0 aliphatic carbocycles. The Labute approximate surface area is 118 Å². The van der Waals surface area contributed by atoms with Crippen LogP contribution in [0, 0.1) is 5.53 Å². The molecular weight excluding hydrogens is 285 g/mol. The second-order valence-corrected chi connectivity index (χ2v) is 4.59. The summed E-state index contributed by atoms with van der Waals surface area (Å²) in [5, 5.41) is 17.5. The van der Waals surface area contributed by atoms with E-state index in [1.54, 1.807) is 14.0 Å². The quantitative estimate of drug-likeness (QED) is 0.843. The molecule has 0 spiro atoms. The van der Waals surface area contributed by atoms with Gasteiger partial charge in [-0.2, -0.15) is 23.4 Å². The third kappa shape index (κ3) is 2.74. The van der Waals surface area contributed by atoms with Crippen LogP contribution in [0.2, 0.25) is 0 Å². The fraction of sp³-hybridized carbons (Fsp3) is 0.308. The molecule has 5 nitrogen and oxygen atoms in total. The van der Waals surface area contributed by atoms with Crippen LogP contribution in [0.3, 0.4) is 0 Å². The molecule has 112 valence electrons. The lowest BCUT2D eigenvalue weighted by Gasteiger charge is -2.08. The van der Waals surface area contributed by atoms with Gasteiger partial charge < -0.3 is 5.11 Å². The smallest absolute Gasteiger partial charge is 0.416 e. The number of aromatic nitrogens is 2. The Morgan fingerprint density at radius 2 is 1.86 bits per heavy atom. The van der Waals surface area contributed by atoms with Gasteiger partial charge in [0.25, 0.3) is 0 Å². The molecule has 1 heterocycles. The van der Waals surface area contributed by atoms with Gasteiger partial charge in [0.05, 0.1) is 5.56 Å². The molecule has 1 aromatic heterocycles. The Hall–Kier alpha value is -2.38. The number of halogens is 3. The van der Waals surface area contributed by atoms with Crippen LogP contribution in [0.5, 0.6) is 5.75 Å². The average molecular weight is 298 g/mol. The molecule has 0 aliphatic rings. The molecule has 0 saturated carbocycles.